The van der Waals surface area contributed by atoms with Crippen LogP contribution in [0.2, 0.25) is 0 Å². The van der Waals surface area contributed by atoms with Gasteiger partial charge in [-0.3, -0.25) is 4.79 Å². The van der Waals surface area contributed by atoms with E-state index in [0.717, 1.165) is 12.1 Å². The van der Waals surface area contributed by atoms with Crippen molar-refractivity contribution < 1.29 is 13.6 Å². The summed E-state index contributed by atoms with van der Waals surface area (Å²) in [5.74, 6) is -0.126. The molecule has 0 bridgehead atoms. The Bertz CT molecular complexity index is 452. The highest BCUT2D eigenvalue weighted by Crippen LogP contribution is 2.17. The fraction of sp³-hybridized carbons (Fsp3) is 0.182. The molecule has 5 heteroatoms. The van der Waals surface area contributed by atoms with Gasteiger partial charge in [0, 0.05) is 13.0 Å². The summed E-state index contributed by atoms with van der Waals surface area (Å²) in [4.78, 5) is 11.4. The summed E-state index contributed by atoms with van der Waals surface area (Å²) in [7, 11) is 0. The van der Waals surface area contributed by atoms with Crippen LogP contribution in [-0.2, 0) is 0 Å². The van der Waals surface area contributed by atoms with Crippen LogP contribution in [0.5, 0.6) is 0 Å². The van der Waals surface area contributed by atoms with Crippen LogP contribution in [0.3, 0.4) is 0 Å². The molecule has 0 fully saturated rings. The second-order valence-corrected chi connectivity index (χ2v) is 3.07. The Hall–Kier alpha value is -2.09. The molecule has 0 radical (unpaired) electrons. The van der Waals surface area contributed by atoms with E-state index in [1.54, 1.807) is 0 Å². The number of terminal acetylenes is 1. The van der Waals surface area contributed by atoms with Crippen LogP contribution in [-0.4, -0.2) is 12.5 Å². The first kappa shape index (κ1) is 12.0. The molecular weight excluding hydrogens is 214 g/mol. The van der Waals surface area contributed by atoms with Crippen LogP contribution in [0.25, 0.3) is 0 Å². The van der Waals surface area contributed by atoms with E-state index in [9.17, 15) is 13.6 Å². The smallest absolute Gasteiger partial charge is 0.254 e. The number of rotatable bonds is 3. The molecule has 0 saturated carbocycles. The molecule has 0 spiro atoms. The molecule has 3 nitrogen and oxygen atoms in total. The number of hydrogen-bond donors (Lipinski definition) is 2. The molecular formula is C11H10F2N2O. The van der Waals surface area contributed by atoms with Gasteiger partial charge in [-0.15, -0.1) is 12.3 Å². The minimum atomic E-state index is -0.931. The van der Waals surface area contributed by atoms with Crippen molar-refractivity contribution >= 4 is 11.6 Å². The predicted molar refractivity (Wildman–Crippen MR) is 56.6 cm³/mol. The Balaban J connectivity index is 2.87. The Kier molecular flexibility index (Phi) is 3.84. The number of carbonyl (C=O) groups is 1. The molecule has 16 heavy (non-hydrogen) atoms. The van der Waals surface area contributed by atoms with E-state index in [-0.39, 0.29) is 6.54 Å². The lowest BCUT2D eigenvalue weighted by Gasteiger charge is -2.06. The quantitative estimate of drug-likeness (QED) is 0.462. The number of nitrogens with one attached hydrogen (secondary N) is 1. The summed E-state index contributed by atoms with van der Waals surface area (Å²) in [5, 5.41) is 2.35. The van der Waals surface area contributed by atoms with Crippen molar-refractivity contribution in [1.29, 1.82) is 0 Å². The molecule has 1 aromatic carbocycles. The van der Waals surface area contributed by atoms with Crippen molar-refractivity contribution in [3.8, 4) is 12.3 Å². The summed E-state index contributed by atoms with van der Waals surface area (Å²) in [6.45, 7) is 0.200. The molecule has 1 amide bonds. The van der Waals surface area contributed by atoms with Gasteiger partial charge in [-0.1, -0.05) is 0 Å². The first-order valence-electron chi connectivity index (χ1n) is 4.52. The Morgan fingerprint density at radius 2 is 2.19 bits per heavy atom. The van der Waals surface area contributed by atoms with Crippen LogP contribution in [0.1, 0.15) is 16.8 Å². The van der Waals surface area contributed by atoms with Crippen molar-refractivity contribution in [3.05, 3.63) is 29.3 Å². The summed E-state index contributed by atoms with van der Waals surface area (Å²) in [6, 6.07) is 1.60. The number of halogens is 2. The maximum absolute atomic E-state index is 13.3. The lowest BCUT2D eigenvalue weighted by atomic mass is 10.1. The van der Waals surface area contributed by atoms with Gasteiger partial charge < -0.3 is 11.1 Å². The summed E-state index contributed by atoms with van der Waals surface area (Å²) in [5.41, 5.74) is 4.36. The largest absolute Gasteiger partial charge is 0.396 e. The van der Waals surface area contributed by atoms with Crippen molar-refractivity contribution in [2.45, 2.75) is 6.42 Å². The van der Waals surface area contributed by atoms with Crippen molar-refractivity contribution in [2.24, 2.45) is 0 Å². The molecule has 0 aliphatic rings. The number of hydrogen-bond acceptors (Lipinski definition) is 2. The fourth-order valence-corrected chi connectivity index (χ4v) is 1.12. The number of nitrogen functional groups attached to an aromatic ring is 1. The van der Waals surface area contributed by atoms with E-state index in [1.807, 2.05) is 0 Å². The molecule has 0 aromatic heterocycles. The zero-order valence-corrected chi connectivity index (χ0v) is 8.39. The third kappa shape index (κ3) is 2.70. The minimum Gasteiger partial charge on any atom is -0.396 e. The SMILES string of the molecule is C#CCCNC(=O)c1cc(F)cc(N)c1F. The van der Waals surface area contributed by atoms with Crippen LogP contribution < -0.4 is 11.1 Å². The number of carbonyl (C=O) groups excluding carboxylic acids is 1. The summed E-state index contributed by atoms with van der Waals surface area (Å²) < 4.78 is 26.2. The standard InChI is InChI=1S/C11H10F2N2O/c1-2-3-4-15-11(16)8-5-7(12)6-9(14)10(8)13/h1,5-6H,3-4,14H2,(H,15,16). The molecule has 0 aliphatic carbocycles. The zero-order chi connectivity index (χ0) is 12.1. The van der Waals surface area contributed by atoms with Gasteiger partial charge >= 0.3 is 0 Å². The van der Waals surface area contributed by atoms with Crippen molar-refractivity contribution in [3.63, 3.8) is 0 Å². The molecule has 1 rings (SSSR count). The van der Waals surface area contributed by atoms with Gasteiger partial charge in [-0.05, 0) is 12.1 Å². The van der Waals surface area contributed by atoms with Gasteiger partial charge in [0.2, 0.25) is 0 Å². The van der Waals surface area contributed by atoms with Gasteiger partial charge in [0.1, 0.15) is 5.82 Å². The van der Waals surface area contributed by atoms with Crippen molar-refractivity contribution in [2.75, 3.05) is 12.3 Å². The summed E-state index contributed by atoms with van der Waals surface area (Å²) in [6.07, 6.45) is 5.29. The third-order valence-corrected chi connectivity index (χ3v) is 1.87. The molecule has 84 valence electrons. The average molecular weight is 224 g/mol. The molecule has 0 aliphatic heterocycles. The number of anilines is 1. The maximum Gasteiger partial charge on any atom is 0.254 e. The third-order valence-electron chi connectivity index (χ3n) is 1.87. The van der Waals surface area contributed by atoms with Crippen LogP contribution >= 0.6 is 0 Å². The molecule has 0 atom stereocenters. The zero-order valence-electron chi connectivity index (χ0n) is 8.39. The van der Waals surface area contributed by atoms with E-state index in [1.165, 1.54) is 0 Å². The lowest BCUT2D eigenvalue weighted by Crippen LogP contribution is -2.25. The number of nitrogens with two attached hydrogens (primary N) is 1. The maximum atomic E-state index is 13.3. The topological polar surface area (TPSA) is 55.1 Å². The predicted octanol–water partition coefficient (Wildman–Crippen LogP) is 1.30. The molecule has 0 saturated heterocycles. The highest BCUT2D eigenvalue weighted by atomic mass is 19.1. The fourth-order valence-electron chi connectivity index (χ4n) is 1.12. The first-order valence-corrected chi connectivity index (χ1v) is 4.52. The minimum absolute atomic E-state index is 0.200. The van der Waals surface area contributed by atoms with Crippen LogP contribution in [0.15, 0.2) is 12.1 Å². The van der Waals surface area contributed by atoms with Gasteiger partial charge in [-0.2, -0.15) is 0 Å². The normalized spacial score (nSPS) is 9.56. The average Bonchev–Trinajstić information content (AvgIpc) is 2.23. The van der Waals surface area contributed by atoms with E-state index in [4.69, 9.17) is 12.2 Å². The van der Waals surface area contributed by atoms with Gasteiger partial charge in [-0.25, -0.2) is 8.78 Å². The Morgan fingerprint density at radius 1 is 1.50 bits per heavy atom. The number of benzene rings is 1. The first-order chi connectivity index (χ1) is 7.56. The Labute approximate surface area is 91.6 Å². The van der Waals surface area contributed by atoms with E-state index >= 15 is 0 Å². The number of amides is 1. The Morgan fingerprint density at radius 3 is 2.81 bits per heavy atom. The van der Waals surface area contributed by atoms with Gasteiger partial charge in [0.25, 0.3) is 5.91 Å². The van der Waals surface area contributed by atoms with E-state index in [0.29, 0.717) is 6.42 Å². The second kappa shape index (κ2) is 5.12. The second-order valence-electron chi connectivity index (χ2n) is 3.07. The lowest BCUT2D eigenvalue weighted by molar-refractivity contribution is 0.0950. The molecule has 0 heterocycles. The monoisotopic (exact) mass is 224 g/mol. The van der Waals surface area contributed by atoms with E-state index < -0.39 is 28.8 Å². The molecule has 3 N–H and O–H groups in total. The van der Waals surface area contributed by atoms with Gasteiger partial charge in [0.15, 0.2) is 5.82 Å². The van der Waals surface area contributed by atoms with E-state index in [2.05, 4.69) is 11.2 Å². The summed E-state index contributed by atoms with van der Waals surface area (Å²) >= 11 is 0. The highest BCUT2D eigenvalue weighted by Gasteiger charge is 2.15. The van der Waals surface area contributed by atoms with Gasteiger partial charge in [0.05, 0.1) is 11.3 Å². The molecule has 0 unspecified atom stereocenters. The molecule has 1 aromatic rings. The highest BCUT2D eigenvalue weighted by molar-refractivity contribution is 5.95. The van der Waals surface area contributed by atoms with Crippen molar-refractivity contribution in [1.82, 2.24) is 5.32 Å². The van der Waals surface area contributed by atoms with Crippen LogP contribution in [0, 0.1) is 24.0 Å². The van der Waals surface area contributed by atoms with Crippen LogP contribution in [0.4, 0.5) is 14.5 Å².